The normalized spacial score (nSPS) is 19.1. The van der Waals surface area contributed by atoms with Crippen molar-refractivity contribution in [3.63, 3.8) is 0 Å². The van der Waals surface area contributed by atoms with Gasteiger partial charge in [0.25, 0.3) is 0 Å². The Morgan fingerprint density at radius 2 is 1.93 bits per heavy atom. The molecule has 1 saturated carbocycles. The van der Waals surface area contributed by atoms with E-state index in [0.29, 0.717) is 5.56 Å². The quantitative estimate of drug-likeness (QED) is 0.735. The van der Waals surface area contributed by atoms with Crippen LogP contribution >= 0.6 is 0 Å². The monoisotopic (exact) mass is 197 g/mol. The highest BCUT2D eigenvalue weighted by molar-refractivity contribution is 5.33. The molecule has 0 bridgehead atoms. The molecule has 76 valence electrons. The van der Waals surface area contributed by atoms with Gasteiger partial charge >= 0.3 is 0 Å². The van der Waals surface area contributed by atoms with Gasteiger partial charge in [-0.3, -0.25) is 0 Å². The van der Waals surface area contributed by atoms with Gasteiger partial charge in [0.2, 0.25) is 0 Å². The largest absolute Gasteiger partial charge is 0.321 e. The van der Waals surface area contributed by atoms with Crippen LogP contribution in [-0.2, 0) is 5.54 Å². The molecule has 3 heteroatoms. The first-order chi connectivity index (χ1) is 6.54. The summed E-state index contributed by atoms with van der Waals surface area (Å²) in [7, 11) is 0. The highest BCUT2D eigenvalue weighted by Crippen LogP contribution is 2.40. The second-order valence-corrected chi connectivity index (χ2v) is 4.04. The molecule has 0 spiro atoms. The Morgan fingerprint density at radius 1 is 1.29 bits per heavy atom. The van der Waals surface area contributed by atoms with Crippen LogP contribution < -0.4 is 5.73 Å². The summed E-state index contributed by atoms with van der Waals surface area (Å²) in [6.07, 6.45) is 2.59. The second-order valence-electron chi connectivity index (χ2n) is 4.04. The van der Waals surface area contributed by atoms with Gasteiger partial charge in [-0.15, -0.1) is 0 Å². The summed E-state index contributed by atoms with van der Waals surface area (Å²) in [6, 6.07) is 2.76. The van der Waals surface area contributed by atoms with Crippen LogP contribution in [0.4, 0.5) is 8.78 Å². The molecule has 0 saturated heterocycles. The van der Waals surface area contributed by atoms with Gasteiger partial charge < -0.3 is 5.73 Å². The molecule has 1 aromatic rings. The number of hydrogen-bond donors (Lipinski definition) is 1. The average molecular weight is 197 g/mol. The Kier molecular flexibility index (Phi) is 2.07. The van der Waals surface area contributed by atoms with Crippen LogP contribution in [0.15, 0.2) is 12.1 Å². The van der Waals surface area contributed by atoms with Crippen molar-refractivity contribution in [3.8, 4) is 0 Å². The zero-order valence-electron chi connectivity index (χ0n) is 8.11. The van der Waals surface area contributed by atoms with Crippen molar-refractivity contribution in [2.45, 2.75) is 31.7 Å². The third-order valence-corrected chi connectivity index (χ3v) is 3.10. The lowest BCUT2D eigenvalue weighted by molar-refractivity contribution is 0.244. The molecule has 0 unspecified atom stereocenters. The molecule has 14 heavy (non-hydrogen) atoms. The minimum Gasteiger partial charge on any atom is -0.321 e. The lowest BCUT2D eigenvalue weighted by Gasteiger charge is -2.39. The molecule has 0 heterocycles. The first kappa shape index (κ1) is 9.59. The molecule has 0 atom stereocenters. The van der Waals surface area contributed by atoms with Crippen molar-refractivity contribution >= 4 is 0 Å². The van der Waals surface area contributed by atoms with Crippen molar-refractivity contribution in [1.29, 1.82) is 0 Å². The van der Waals surface area contributed by atoms with E-state index in [9.17, 15) is 8.78 Å². The third kappa shape index (κ3) is 1.23. The topological polar surface area (TPSA) is 26.0 Å². The van der Waals surface area contributed by atoms with Crippen molar-refractivity contribution in [1.82, 2.24) is 0 Å². The molecular weight excluding hydrogens is 184 g/mol. The lowest BCUT2D eigenvalue weighted by atomic mass is 9.72. The zero-order valence-corrected chi connectivity index (χ0v) is 8.11. The Bertz CT molecular complexity index is 370. The minimum atomic E-state index is -0.553. The maximum atomic E-state index is 13.7. The number of benzene rings is 1. The van der Waals surface area contributed by atoms with Crippen LogP contribution in [0.3, 0.4) is 0 Å². The van der Waals surface area contributed by atoms with Crippen molar-refractivity contribution in [2.75, 3.05) is 0 Å². The molecule has 1 aromatic carbocycles. The molecule has 1 aliphatic rings. The van der Waals surface area contributed by atoms with E-state index in [0.717, 1.165) is 19.3 Å². The van der Waals surface area contributed by atoms with E-state index in [2.05, 4.69) is 0 Å². The van der Waals surface area contributed by atoms with Gasteiger partial charge in [0.1, 0.15) is 11.6 Å². The van der Waals surface area contributed by atoms with E-state index in [1.165, 1.54) is 19.1 Å². The minimum absolute atomic E-state index is 0.0687. The SMILES string of the molecule is Cc1c(F)ccc(C2(N)CCC2)c1F. The summed E-state index contributed by atoms with van der Waals surface area (Å²) < 4.78 is 26.6. The molecule has 0 aromatic heterocycles. The molecule has 1 aliphatic carbocycles. The molecular formula is C11H13F2N. The number of hydrogen-bond acceptors (Lipinski definition) is 1. The Morgan fingerprint density at radius 3 is 2.43 bits per heavy atom. The van der Waals surface area contributed by atoms with Crippen LogP contribution in [0.1, 0.15) is 30.4 Å². The molecule has 2 N–H and O–H groups in total. The molecule has 2 rings (SSSR count). The molecule has 0 amide bonds. The van der Waals surface area contributed by atoms with Gasteiger partial charge in [-0.05, 0) is 32.3 Å². The lowest BCUT2D eigenvalue weighted by Crippen LogP contribution is -2.44. The van der Waals surface area contributed by atoms with Crippen LogP contribution in [-0.4, -0.2) is 0 Å². The maximum Gasteiger partial charge on any atom is 0.134 e. The van der Waals surface area contributed by atoms with E-state index in [-0.39, 0.29) is 5.56 Å². The molecule has 1 fully saturated rings. The predicted octanol–water partition coefficient (Wildman–Crippen LogP) is 2.61. The highest BCUT2D eigenvalue weighted by atomic mass is 19.1. The zero-order chi connectivity index (χ0) is 10.3. The van der Waals surface area contributed by atoms with E-state index in [1.54, 1.807) is 0 Å². The summed E-state index contributed by atoms with van der Waals surface area (Å²) in [5.74, 6) is -0.985. The number of nitrogens with two attached hydrogens (primary N) is 1. The molecule has 1 nitrogen and oxygen atoms in total. The summed E-state index contributed by atoms with van der Waals surface area (Å²) in [5.41, 5.74) is 5.96. The smallest absolute Gasteiger partial charge is 0.134 e. The Balaban J connectivity index is 2.49. The van der Waals surface area contributed by atoms with Crippen LogP contribution in [0.25, 0.3) is 0 Å². The van der Waals surface area contributed by atoms with Crippen molar-refractivity contribution < 1.29 is 8.78 Å². The Hall–Kier alpha value is -0.960. The molecule has 0 radical (unpaired) electrons. The van der Waals surface area contributed by atoms with Crippen molar-refractivity contribution in [3.05, 3.63) is 34.9 Å². The van der Waals surface area contributed by atoms with E-state index >= 15 is 0 Å². The number of halogens is 2. The van der Waals surface area contributed by atoms with Gasteiger partial charge in [-0.1, -0.05) is 6.07 Å². The standard InChI is InChI=1S/C11H13F2N/c1-7-9(12)4-3-8(10(7)13)11(14)5-2-6-11/h3-4H,2,5-6,14H2,1H3. The van der Waals surface area contributed by atoms with Gasteiger partial charge in [-0.25, -0.2) is 8.78 Å². The first-order valence-corrected chi connectivity index (χ1v) is 4.78. The molecule has 0 aliphatic heterocycles. The van der Waals surface area contributed by atoms with Gasteiger partial charge in [-0.2, -0.15) is 0 Å². The summed E-state index contributed by atoms with van der Waals surface area (Å²) in [5, 5.41) is 0. The van der Waals surface area contributed by atoms with Gasteiger partial charge in [0.05, 0.1) is 0 Å². The summed E-state index contributed by atoms with van der Waals surface area (Å²) >= 11 is 0. The highest BCUT2D eigenvalue weighted by Gasteiger charge is 2.37. The second kappa shape index (κ2) is 3.02. The van der Waals surface area contributed by atoms with Gasteiger partial charge in [0.15, 0.2) is 0 Å². The predicted molar refractivity (Wildman–Crippen MR) is 50.8 cm³/mol. The fourth-order valence-electron chi connectivity index (χ4n) is 1.87. The fraction of sp³-hybridized carbons (Fsp3) is 0.455. The summed E-state index contributed by atoms with van der Waals surface area (Å²) in [4.78, 5) is 0. The van der Waals surface area contributed by atoms with E-state index in [1.807, 2.05) is 0 Å². The summed E-state index contributed by atoms with van der Waals surface area (Å²) in [6.45, 7) is 1.44. The third-order valence-electron chi connectivity index (χ3n) is 3.10. The maximum absolute atomic E-state index is 13.7. The van der Waals surface area contributed by atoms with E-state index in [4.69, 9.17) is 5.73 Å². The van der Waals surface area contributed by atoms with Crippen molar-refractivity contribution in [2.24, 2.45) is 5.73 Å². The van der Waals surface area contributed by atoms with Crippen LogP contribution in [0.2, 0.25) is 0 Å². The average Bonchev–Trinajstić information content (AvgIpc) is 2.11. The van der Waals surface area contributed by atoms with Crippen LogP contribution in [0.5, 0.6) is 0 Å². The first-order valence-electron chi connectivity index (χ1n) is 4.78. The van der Waals surface area contributed by atoms with Crippen LogP contribution in [0, 0.1) is 18.6 Å². The Labute approximate surface area is 81.9 Å². The number of rotatable bonds is 1. The van der Waals surface area contributed by atoms with Gasteiger partial charge in [0, 0.05) is 16.7 Å². The fourth-order valence-corrected chi connectivity index (χ4v) is 1.87. The van der Waals surface area contributed by atoms with E-state index < -0.39 is 17.2 Å².